The van der Waals surface area contributed by atoms with Crippen molar-refractivity contribution in [3.8, 4) is 0 Å². The van der Waals surface area contributed by atoms with Gasteiger partial charge in [0, 0.05) is 23.9 Å². The van der Waals surface area contributed by atoms with Crippen LogP contribution in [0.3, 0.4) is 0 Å². The standard InChI is InChI=1S/C22H21ClN2O5/c1-29-9-10-30-22(28)19(11-14-5-3-2-4-6-14)25-20-17(21(26)27)13-15-12-16(23)7-8-18(15)24-20/h2-8,12-13,19H,9-11H2,1H3,(H,24,25)(H,26,27)/t19-/m0/s1. The van der Waals surface area contributed by atoms with Gasteiger partial charge in [0.05, 0.1) is 12.1 Å². The van der Waals surface area contributed by atoms with E-state index in [4.69, 9.17) is 21.1 Å². The Hall–Kier alpha value is -3.16. The second-order valence-corrected chi connectivity index (χ2v) is 7.01. The molecule has 8 heteroatoms. The molecule has 0 saturated heterocycles. The van der Waals surface area contributed by atoms with Gasteiger partial charge < -0.3 is 19.9 Å². The van der Waals surface area contributed by atoms with Crippen molar-refractivity contribution in [2.24, 2.45) is 0 Å². The van der Waals surface area contributed by atoms with Crippen LogP contribution >= 0.6 is 11.6 Å². The Morgan fingerprint density at radius 3 is 2.60 bits per heavy atom. The SMILES string of the molecule is COCCOC(=O)[C@H](Cc1ccccc1)Nc1nc2ccc(Cl)cc2cc1C(=O)O. The van der Waals surface area contributed by atoms with Crippen LogP contribution in [0.4, 0.5) is 5.82 Å². The van der Waals surface area contributed by atoms with Crippen molar-refractivity contribution < 1.29 is 24.2 Å². The average molecular weight is 429 g/mol. The van der Waals surface area contributed by atoms with E-state index in [1.807, 2.05) is 30.3 Å². The van der Waals surface area contributed by atoms with E-state index in [1.54, 1.807) is 18.2 Å². The minimum atomic E-state index is -1.17. The number of hydrogen-bond donors (Lipinski definition) is 2. The fraction of sp³-hybridized carbons (Fsp3) is 0.227. The van der Waals surface area contributed by atoms with Gasteiger partial charge in [-0.1, -0.05) is 41.9 Å². The van der Waals surface area contributed by atoms with Crippen molar-refractivity contribution in [1.82, 2.24) is 4.98 Å². The molecule has 0 amide bonds. The Balaban J connectivity index is 1.94. The van der Waals surface area contributed by atoms with Gasteiger partial charge in [0.15, 0.2) is 0 Å². The third-order valence-corrected chi connectivity index (χ3v) is 4.65. The number of aromatic carboxylic acids is 1. The monoisotopic (exact) mass is 428 g/mol. The fourth-order valence-corrected chi connectivity index (χ4v) is 3.14. The van der Waals surface area contributed by atoms with Crippen LogP contribution in [0.1, 0.15) is 15.9 Å². The van der Waals surface area contributed by atoms with Crippen LogP contribution in [-0.2, 0) is 20.7 Å². The molecule has 2 N–H and O–H groups in total. The Morgan fingerprint density at radius 2 is 1.90 bits per heavy atom. The van der Waals surface area contributed by atoms with Gasteiger partial charge >= 0.3 is 11.9 Å². The number of carbonyl (C=O) groups excluding carboxylic acids is 1. The predicted octanol–water partition coefficient (Wildman–Crippen LogP) is 3.80. The molecule has 3 aromatic rings. The molecule has 156 valence electrons. The number of rotatable bonds is 9. The number of hydrogen-bond acceptors (Lipinski definition) is 6. The van der Waals surface area contributed by atoms with E-state index >= 15 is 0 Å². The van der Waals surface area contributed by atoms with Gasteiger partial charge in [-0.15, -0.1) is 0 Å². The molecule has 30 heavy (non-hydrogen) atoms. The van der Waals surface area contributed by atoms with Crippen molar-refractivity contribution in [1.29, 1.82) is 0 Å². The van der Waals surface area contributed by atoms with Gasteiger partial charge in [-0.2, -0.15) is 0 Å². The normalized spacial score (nSPS) is 11.8. The summed E-state index contributed by atoms with van der Waals surface area (Å²) in [5.41, 5.74) is 1.38. The maximum absolute atomic E-state index is 12.7. The highest BCUT2D eigenvalue weighted by Crippen LogP contribution is 2.24. The van der Waals surface area contributed by atoms with Crippen LogP contribution in [0.2, 0.25) is 5.02 Å². The number of ether oxygens (including phenoxy) is 2. The summed E-state index contributed by atoms with van der Waals surface area (Å²) in [6, 6.07) is 15.0. The number of nitrogens with zero attached hydrogens (tertiary/aromatic N) is 1. The molecule has 3 rings (SSSR count). The van der Waals surface area contributed by atoms with Crippen LogP contribution in [-0.4, -0.2) is 48.4 Å². The molecule has 1 aromatic heterocycles. The van der Waals surface area contributed by atoms with Crippen molar-refractivity contribution >= 4 is 40.3 Å². The minimum Gasteiger partial charge on any atom is -0.478 e. The zero-order chi connectivity index (χ0) is 21.5. The van der Waals surface area contributed by atoms with E-state index in [1.165, 1.54) is 13.2 Å². The summed E-state index contributed by atoms with van der Waals surface area (Å²) in [7, 11) is 1.51. The lowest BCUT2D eigenvalue weighted by atomic mass is 10.1. The molecular weight excluding hydrogens is 408 g/mol. The second kappa shape index (κ2) is 10.0. The average Bonchev–Trinajstić information content (AvgIpc) is 2.73. The third kappa shape index (κ3) is 5.46. The Kier molecular flexibility index (Phi) is 7.21. The van der Waals surface area contributed by atoms with Gasteiger partial charge in [-0.3, -0.25) is 0 Å². The first-order valence-electron chi connectivity index (χ1n) is 9.27. The number of fused-ring (bicyclic) bond motifs is 1. The first-order valence-corrected chi connectivity index (χ1v) is 9.65. The molecule has 1 atom stereocenters. The number of carbonyl (C=O) groups is 2. The lowest BCUT2D eigenvalue weighted by Crippen LogP contribution is -2.35. The van der Waals surface area contributed by atoms with E-state index in [-0.39, 0.29) is 24.6 Å². The number of pyridine rings is 1. The van der Waals surface area contributed by atoms with Crippen LogP contribution in [0.25, 0.3) is 10.9 Å². The summed E-state index contributed by atoms with van der Waals surface area (Å²) < 4.78 is 10.2. The van der Waals surface area contributed by atoms with Crippen molar-refractivity contribution in [3.63, 3.8) is 0 Å². The lowest BCUT2D eigenvalue weighted by Gasteiger charge is -2.20. The van der Waals surface area contributed by atoms with Gasteiger partial charge in [-0.25, -0.2) is 14.6 Å². The van der Waals surface area contributed by atoms with Crippen LogP contribution in [0.5, 0.6) is 0 Å². The molecule has 0 aliphatic heterocycles. The van der Waals surface area contributed by atoms with Crippen LogP contribution in [0, 0.1) is 0 Å². The second-order valence-electron chi connectivity index (χ2n) is 6.57. The first-order chi connectivity index (χ1) is 14.5. The number of esters is 1. The summed E-state index contributed by atoms with van der Waals surface area (Å²) in [5, 5.41) is 13.7. The van der Waals surface area contributed by atoms with Crippen LogP contribution in [0.15, 0.2) is 54.6 Å². The Morgan fingerprint density at radius 1 is 1.13 bits per heavy atom. The summed E-state index contributed by atoms with van der Waals surface area (Å²) in [5.74, 6) is -1.61. The van der Waals surface area contributed by atoms with E-state index < -0.39 is 18.0 Å². The van der Waals surface area contributed by atoms with Crippen molar-refractivity contribution in [3.05, 3.63) is 70.7 Å². The maximum Gasteiger partial charge on any atom is 0.339 e. The zero-order valence-corrected chi connectivity index (χ0v) is 17.1. The molecule has 0 spiro atoms. The molecule has 1 heterocycles. The van der Waals surface area contributed by atoms with E-state index in [9.17, 15) is 14.7 Å². The topological polar surface area (TPSA) is 97.8 Å². The van der Waals surface area contributed by atoms with E-state index in [2.05, 4.69) is 10.3 Å². The maximum atomic E-state index is 12.7. The lowest BCUT2D eigenvalue weighted by molar-refractivity contribution is -0.145. The number of benzene rings is 2. The number of nitrogens with one attached hydrogen (secondary N) is 1. The highest BCUT2D eigenvalue weighted by molar-refractivity contribution is 6.31. The zero-order valence-electron chi connectivity index (χ0n) is 16.3. The number of aromatic nitrogens is 1. The molecule has 2 aromatic carbocycles. The number of halogens is 1. The molecule has 0 aliphatic carbocycles. The molecule has 0 bridgehead atoms. The number of methoxy groups -OCH3 is 1. The van der Waals surface area contributed by atoms with E-state index in [0.29, 0.717) is 22.3 Å². The third-order valence-electron chi connectivity index (χ3n) is 4.42. The van der Waals surface area contributed by atoms with Crippen molar-refractivity contribution in [2.75, 3.05) is 25.6 Å². The highest BCUT2D eigenvalue weighted by Gasteiger charge is 2.24. The molecule has 0 unspecified atom stereocenters. The highest BCUT2D eigenvalue weighted by atomic mass is 35.5. The molecule has 0 radical (unpaired) electrons. The summed E-state index contributed by atoms with van der Waals surface area (Å²) in [6.07, 6.45) is 0.298. The summed E-state index contributed by atoms with van der Waals surface area (Å²) in [4.78, 5) is 28.9. The molecule has 0 saturated carbocycles. The predicted molar refractivity (Wildman–Crippen MR) is 114 cm³/mol. The Bertz CT molecular complexity index is 1040. The molecule has 0 fully saturated rings. The quantitative estimate of drug-likeness (QED) is 0.395. The molecule has 0 aliphatic rings. The van der Waals surface area contributed by atoms with Gasteiger partial charge in [0.1, 0.15) is 24.0 Å². The molecular formula is C22H21ClN2O5. The van der Waals surface area contributed by atoms with E-state index in [0.717, 1.165) is 5.56 Å². The number of carboxylic acids is 1. The largest absolute Gasteiger partial charge is 0.478 e. The van der Waals surface area contributed by atoms with Crippen LogP contribution < -0.4 is 5.32 Å². The van der Waals surface area contributed by atoms with Gasteiger partial charge in [0.25, 0.3) is 0 Å². The fourth-order valence-electron chi connectivity index (χ4n) is 2.95. The number of anilines is 1. The summed E-state index contributed by atoms with van der Waals surface area (Å²) in [6.45, 7) is 0.358. The Labute approximate surface area is 178 Å². The van der Waals surface area contributed by atoms with Gasteiger partial charge in [0.2, 0.25) is 0 Å². The molecule has 7 nitrogen and oxygen atoms in total. The van der Waals surface area contributed by atoms with Gasteiger partial charge in [-0.05, 0) is 29.8 Å². The van der Waals surface area contributed by atoms with Crippen molar-refractivity contribution in [2.45, 2.75) is 12.5 Å². The number of carboxylic acid groups (broad SMARTS) is 1. The minimum absolute atomic E-state index is 0.0625. The summed E-state index contributed by atoms with van der Waals surface area (Å²) >= 11 is 6.00. The smallest absolute Gasteiger partial charge is 0.339 e. The first kappa shape index (κ1) is 21.5.